The minimum atomic E-state index is -0.292. The SMILES string of the molecule is Cn1ccc([C@H]2CCNC[C@@H]2C(=O)N(Cc2cn(CCCCF)c3ccccc23)C2CC2)cc1=O. The average molecular weight is 479 g/mol. The van der Waals surface area contributed by atoms with Gasteiger partial charge >= 0.3 is 0 Å². The normalized spacial score (nSPS) is 20.3. The lowest BCUT2D eigenvalue weighted by Gasteiger charge is -2.35. The number of aromatic nitrogens is 2. The van der Waals surface area contributed by atoms with E-state index in [4.69, 9.17) is 0 Å². The fraction of sp³-hybridized carbons (Fsp3) is 0.500. The van der Waals surface area contributed by atoms with Crippen LogP contribution >= 0.6 is 0 Å². The summed E-state index contributed by atoms with van der Waals surface area (Å²) in [5.41, 5.74) is 3.22. The van der Waals surface area contributed by atoms with Crippen molar-refractivity contribution < 1.29 is 9.18 Å². The van der Waals surface area contributed by atoms with E-state index in [9.17, 15) is 14.0 Å². The van der Waals surface area contributed by atoms with Gasteiger partial charge in [-0.3, -0.25) is 14.0 Å². The van der Waals surface area contributed by atoms with E-state index in [2.05, 4.69) is 33.1 Å². The molecule has 0 unspecified atom stereocenters. The topological polar surface area (TPSA) is 59.3 Å². The number of fused-ring (bicyclic) bond motifs is 1. The lowest BCUT2D eigenvalue weighted by Crippen LogP contribution is -2.47. The highest BCUT2D eigenvalue weighted by Crippen LogP contribution is 2.36. The van der Waals surface area contributed by atoms with Gasteiger partial charge in [0.25, 0.3) is 5.56 Å². The summed E-state index contributed by atoms with van der Waals surface area (Å²) in [6.45, 7) is 2.55. The second-order valence-electron chi connectivity index (χ2n) is 10.1. The van der Waals surface area contributed by atoms with E-state index in [1.165, 1.54) is 0 Å². The van der Waals surface area contributed by atoms with Gasteiger partial charge < -0.3 is 19.4 Å². The third-order valence-electron chi connectivity index (χ3n) is 7.62. The van der Waals surface area contributed by atoms with Gasteiger partial charge in [0.1, 0.15) is 0 Å². The van der Waals surface area contributed by atoms with Crippen LogP contribution in [-0.4, -0.2) is 45.7 Å². The van der Waals surface area contributed by atoms with E-state index in [1.54, 1.807) is 23.9 Å². The van der Waals surface area contributed by atoms with Crippen molar-refractivity contribution in [2.45, 2.75) is 57.2 Å². The Balaban J connectivity index is 1.42. The molecule has 3 aromatic rings. The highest BCUT2D eigenvalue weighted by molar-refractivity contribution is 5.85. The van der Waals surface area contributed by atoms with Crippen LogP contribution in [0.5, 0.6) is 0 Å². The molecule has 7 heteroatoms. The minimum absolute atomic E-state index is 0.0353. The zero-order valence-corrected chi connectivity index (χ0v) is 20.5. The van der Waals surface area contributed by atoms with Crippen molar-refractivity contribution in [2.24, 2.45) is 13.0 Å². The van der Waals surface area contributed by atoms with Crippen LogP contribution < -0.4 is 10.9 Å². The Labute approximate surface area is 205 Å². The van der Waals surface area contributed by atoms with Crippen molar-refractivity contribution in [1.29, 1.82) is 0 Å². The molecular formula is C28H35FN4O2. The molecular weight excluding hydrogens is 443 g/mol. The molecule has 0 radical (unpaired) electrons. The monoisotopic (exact) mass is 478 g/mol. The van der Waals surface area contributed by atoms with Gasteiger partial charge in [0.05, 0.1) is 12.6 Å². The smallest absolute Gasteiger partial charge is 0.250 e. The number of carbonyl (C=O) groups excluding carboxylic acids is 1. The molecule has 2 atom stereocenters. The van der Waals surface area contributed by atoms with Crippen molar-refractivity contribution >= 4 is 16.8 Å². The van der Waals surface area contributed by atoms with E-state index in [0.29, 0.717) is 19.5 Å². The van der Waals surface area contributed by atoms with E-state index >= 15 is 0 Å². The zero-order chi connectivity index (χ0) is 24.4. The van der Waals surface area contributed by atoms with Gasteiger partial charge in [0, 0.05) is 62.1 Å². The molecule has 1 N–H and O–H groups in total. The Morgan fingerprint density at radius 1 is 1.17 bits per heavy atom. The maximum Gasteiger partial charge on any atom is 0.250 e. The number of halogens is 1. The van der Waals surface area contributed by atoms with Gasteiger partial charge in [-0.05, 0) is 67.8 Å². The molecule has 35 heavy (non-hydrogen) atoms. The van der Waals surface area contributed by atoms with Gasteiger partial charge in [0.15, 0.2) is 0 Å². The van der Waals surface area contributed by atoms with Crippen LogP contribution in [0.25, 0.3) is 10.9 Å². The predicted octanol–water partition coefficient (Wildman–Crippen LogP) is 3.97. The number of benzene rings is 1. The summed E-state index contributed by atoms with van der Waals surface area (Å²) < 4.78 is 16.4. The number of aryl methyl sites for hydroxylation is 2. The van der Waals surface area contributed by atoms with Crippen LogP contribution in [0.15, 0.2) is 53.6 Å². The summed E-state index contributed by atoms with van der Waals surface area (Å²) in [5.74, 6) is 0.0370. The van der Waals surface area contributed by atoms with Gasteiger partial charge in [-0.1, -0.05) is 18.2 Å². The maximum absolute atomic E-state index is 14.0. The third kappa shape index (κ3) is 5.06. The molecule has 1 aromatic carbocycles. The molecule has 0 bridgehead atoms. The molecule has 3 heterocycles. The van der Waals surface area contributed by atoms with Crippen LogP contribution in [0.4, 0.5) is 4.39 Å². The summed E-state index contributed by atoms with van der Waals surface area (Å²) in [6.07, 6.45) is 8.24. The number of amides is 1. The van der Waals surface area contributed by atoms with Crippen LogP contribution in [-0.2, 0) is 24.9 Å². The van der Waals surface area contributed by atoms with Crippen LogP contribution in [0, 0.1) is 5.92 Å². The standard InChI is InChI=1S/C28H35FN4O2/c1-31-15-11-20(16-27(31)34)23-10-13-30-17-25(23)28(35)33(22-8-9-22)19-21-18-32(14-5-4-12-29)26-7-3-2-6-24(21)26/h2-3,6-7,11,15-16,18,22-23,25,30H,4-5,8-10,12-14,17,19H2,1H3/t23-,25+/m1/s1. The first kappa shape index (κ1) is 23.8. The summed E-state index contributed by atoms with van der Waals surface area (Å²) in [7, 11) is 1.75. The number of hydrogen-bond donors (Lipinski definition) is 1. The number of hydrogen-bond acceptors (Lipinski definition) is 3. The molecule has 1 aliphatic heterocycles. The average Bonchev–Trinajstić information content (AvgIpc) is 3.67. The highest BCUT2D eigenvalue weighted by Gasteiger charge is 2.40. The molecule has 186 valence electrons. The van der Waals surface area contributed by atoms with Crippen LogP contribution in [0.3, 0.4) is 0 Å². The fourth-order valence-electron chi connectivity index (χ4n) is 5.49. The minimum Gasteiger partial charge on any atom is -0.347 e. The number of nitrogens with zero attached hydrogens (tertiary/aromatic N) is 3. The second-order valence-corrected chi connectivity index (χ2v) is 10.1. The number of alkyl halides is 1. The highest BCUT2D eigenvalue weighted by atomic mass is 19.1. The Bertz CT molecular complexity index is 1250. The first-order valence-electron chi connectivity index (χ1n) is 12.9. The first-order chi connectivity index (χ1) is 17.1. The Kier molecular flexibility index (Phi) is 7.04. The number of carbonyl (C=O) groups is 1. The van der Waals surface area contributed by atoms with Crippen LogP contribution in [0.2, 0.25) is 0 Å². The van der Waals surface area contributed by atoms with Gasteiger partial charge in [-0.2, -0.15) is 0 Å². The molecule has 1 amide bonds. The van der Waals surface area contributed by atoms with Crippen molar-refractivity contribution in [2.75, 3.05) is 19.8 Å². The number of piperidine rings is 1. The molecule has 0 spiro atoms. The van der Waals surface area contributed by atoms with Gasteiger partial charge in [-0.25, -0.2) is 0 Å². The largest absolute Gasteiger partial charge is 0.347 e. The summed E-state index contributed by atoms with van der Waals surface area (Å²) in [5, 5.41) is 4.58. The van der Waals surface area contributed by atoms with Crippen molar-refractivity contribution in [3.05, 3.63) is 70.3 Å². The Morgan fingerprint density at radius 3 is 2.77 bits per heavy atom. The number of rotatable bonds is 9. The fourth-order valence-corrected chi connectivity index (χ4v) is 5.49. The summed E-state index contributed by atoms with van der Waals surface area (Å²) in [4.78, 5) is 28.4. The molecule has 2 aromatic heterocycles. The molecule has 5 rings (SSSR count). The molecule has 1 saturated heterocycles. The van der Waals surface area contributed by atoms with Crippen LogP contribution in [0.1, 0.15) is 49.1 Å². The van der Waals surface area contributed by atoms with E-state index < -0.39 is 0 Å². The lowest BCUT2D eigenvalue weighted by molar-refractivity contribution is -0.138. The zero-order valence-electron chi connectivity index (χ0n) is 20.5. The molecule has 6 nitrogen and oxygen atoms in total. The Hall–Kier alpha value is -2.93. The molecule has 1 saturated carbocycles. The predicted molar refractivity (Wildman–Crippen MR) is 136 cm³/mol. The van der Waals surface area contributed by atoms with Gasteiger partial charge in [-0.15, -0.1) is 0 Å². The number of para-hydroxylation sites is 1. The van der Waals surface area contributed by atoms with Crippen molar-refractivity contribution in [1.82, 2.24) is 19.4 Å². The van der Waals surface area contributed by atoms with Gasteiger partial charge in [0.2, 0.25) is 5.91 Å². The van der Waals surface area contributed by atoms with Crippen molar-refractivity contribution in [3.63, 3.8) is 0 Å². The molecule has 2 fully saturated rings. The van der Waals surface area contributed by atoms with E-state index in [0.717, 1.165) is 60.8 Å². The summed E-state index contributed by atoms with van der Waals surface area (Å²) >= 11 is 0. The summed E-state index contributed by atoms with van der Waals surface area (Å²) in [6, 6.07) is 12.3. The van der Waals surface area contributed by atoms with E-state index in [1.807, 2.05) is 18.2 Å². The molecule has 1 aliphatic carbocycles. The number of unbranched alkanes of at least 4 members (excludes halogenated alkanes) is 1. The Morgan fingerprint density at radius 2 is 2.00 bits per heavy atom. The number of nitrogens with one attached hydrogen (secondary N) is 1. The first-order valence-corrected chi connectivity index (χ1v) is 12.9. The quantitative estimate of drug-likeness (QED) is 0.474. The maximum atomic E-state index is 14.0. The third-order valence-corrected chi connectivity index (χ3v) is 7.62. The van der Waals surface area contributed by atoms with Crippen molar-refractivity contribution in [3.8, 4) is 0 Å². The lowest BCUT2D eigenvalue weighted by atomic mass is 9.80. The van der Waals surface area contributed by atoms with E-state index in [-0.39, 0.29) is 36.0 Å². The second kappa shape index (κ2) is 10.4. The molecule has 2 aliphatic rings. The number of pyridine rings is 1.